The van der Waals surface area contributed by atoms with Gasteiger partial charge in [0.15, 0.2) is 5.78 Å². The van der Waals surface area contributed by atoms with E-state index in [1.54, 1.807) is 21.0 Å². The van der Waals surface area contributed by atoms with Crippen molar-refractivity contribution >= 4 is 5.78 Å². The summed E-state index contributed by atoms with van der Waals surface area (Å²) in [6.07, 6.45) is 3.15. The van der Waals surface area contributed by atoms with Crippen LogP contribution in [0.3, 0.4) is 0 Å². The molecule has 3 atom stereocenters. The standard InChI is InChI=1S/C22H32O4/c1-7-20(23)17(5)22(24)16(4)8-13-21(15(2)3)26-14-18-9-11-19(25-6)12-10-18/h7-12,15,17,20-21,23H,1,13-14H2,2-6H3/b16-8+/t17-,20-,21-/m0/s1. The van der Waals surface area contributed by atoms with Crippen molar-refractivity contribution < 1.29 is 19.4 Å². The fourth-order valence-electron chi connectivity index (χ4n) is 2.57. The fraction of sp³-hybridized carbons (Fsp3) is 0.500. The van der Waals surface area contributed by atoms with Crippen LogP contribution in [0.1, 0.15) is 39.7 Å². The fourth-order valence-corrected chi connectivity index (χ4v) is 2.57. The van der Waals surface area contributed by atoms with Crippen molar-refractivity contribution in [2.45, 2.75) is 52.9 Å². The molecule has 0 radical (unpaired) electrons. The van der Waals surface area contributed by atoms with Crippen molar-refractivity contribution in [3.8, 4) is 5.75 Å². The summed E-state index contributed by atoms with van der Waals surface area (Å²) >= 11 is 0. The number of allylic oxidation sites excluding steroid dienone is 1. The van der Waals surface area contributed by atoms with Gasteiger partial charge in [-0.05, 0) is 42.5 Å². The molecule has 1 aromatic rings. The van der Waals surface area contributed by atoms with E-state index >= 15 is 0 Å². The number of benzene rings is 1. The zero-order valence-corrected chi connectivity index (χ0v) is 16.6. The maximum absolute atomic E-state index is 12.3. The largest absolute Gasteiger partial charge is 0.497 e. The molecule has 0 bridgehead atoms. The maximum atomic E-state index is 12.3. The van der Waals surface area contributed by atoms with Gasteiger partial charge in [-0.3, -0.25) is 4.79 Å². The van der Waals surface area contributed by atoms with Crippen molar-refractivity contribution in [2.75, 3.05) is 7.11 Å². The number of methoxy groups -OCH3 is 1. The third-order valence-corrected chi connectivity index (χ3v) is 4.58. The predicted molar refractivity (Wildman–Crippen MR) is 105 cm³/mol. The van der Waals surface area contributed by atoms with Crippen LogP contribution in [-0.4, -0.2) is 30.2 Å². The van der Waals surface area contributed by atoms with E-state index in [1.807, 2.05) is 30.3 Å². The molecule has 0 aliphatic carbocycles. The van der Waals surface area contributed by atoms with Crippen LogP contribution in [0.4, 0.5) is 0 Å². The number of carbonyl (C=O) groups is 1. The average Bonchev–Trinajstić information content (AvgIpc) is 2.65. The summed E-state index contributed by atoms with van der Waals surface area (Å²) in [5.41, 5.74) is 1.73. The minimum Gasteiger partial charge on any atom is -0.497 e. The maximum Gasteiger partial charge on any atom is 0.163 e. The summed E-state index contributed by atoms with van der Waals surface area (Å²) in [6.45, 7) is 11.8. The van der Waals surface area contributed by atoms with Gasteiger partial charge in [-0.15, -0.1) is 6.58 Å². The highest BCUT2D eigenvalue weighted by atomic mass is 16.5. The third kappa shape index (κ3) is 6.77. The van der Waals surface area contributed by atoms with Gasteiger partial charge in [-0.25, -0.2) is 0 Å². The van der Waals surface area contributed by atoms with Gasteiger partial charge < -0.3 is 14.6 Å². The highest BCUT2D eigenvalue weighted by Gasteiger charge is 2.21. The summed E-state index contributed by atoms with van der Waals surface area (Å²) in [4.78, 5) is 12.3. The molecule has 0 unspecified atom stereocenters. The normalized spacial score (nSPS) is 15.4. The molecule has 0 fully saturated rings. The number of hydrogen-bond acceptors (Lipinski definition) is 4. The van der Waals surface area contributed by atoms with Crippen LogP contribution in [0.15, 0.2) is 48.6 Å². The highest BCUT2D eigenvalue weighted by molar-refractivity contribution is 5.96. The van der Waals surface area contributed by atoms with Crippen LogP contribution < -0.4 is 4.74 Å². The number of ketones is 1. The predicted octanol–water partition coefficient (Wildman–Crippen LogP) is 4.32. The van der Waals surface area contributed by atoms with Crippen LogP contribution in [0.5, 0.6) is 5.75 Å². The van der Waals surface area contributed by atoms with Crippen LogP contribution >= 0.6 is 0 Å². The molecule has 0 aromatic heterocycles. The zero-order chi connectivity index (χ0) is 19.7. The zero-order valence-electron chi connectivity index (χ0n) is 16.6. The molecular weight excluding hydrogens is 328 g/mol. The molecule has 1 N–H and O–H groups in total. The van der Waals surface area contributed by atoms with Gasteiger partial charge in [-0.2, -0.15) is 0 Å². The highest BCUT2D eigenvalue weighted by Crippen LogP contribution is 2.19. The third-order valence-electron chi connectivity index (χ3n) is 4.58. The topological polar surface area (TPSA) is 55.8 Å². The first-order valence-electron chi connectivity index (χ1n) is 9.06. The van der Waals surface area contributed by atoms with E-state index in [2.05, 4.69) is 20.4 Å². The van der Waals surface area contributed by atoms with E-state index in [9.17, 15) is 9.90 Å². The SMILES string of the molecule is C=C[C@H](O)[C@H](C)C(=O)/C(C)=C/C[C@H](OCc1ccc(OC)cc1)C(C)C. The minimum atomic E-state index is -0.821. The van der Waals surface area contributed by atoms with Crippen LogP contribution in [0.2, 0.25) is 0 Å². The number of rotatable bonds is 11. The van der Waals surface area contributed by atoms with E-state index in [-0.39, 0.29) is 11.9 Å². The molecule has 0 heterocycles. The first kappa shape index (κ1) is 22.1. The smallest absolute Gasteiger partial charge is 0.163 e. The molecule has 0 spiro atoms. The van der Waals surface area contributed by atoms with Crippen molar-refractivity contribution in [3.63, 3.8) is 0 Å². The number of hydrogen-bond donors (Lipinski definition) is 1. The van der Waals surface area contributed by atoms with E-state index in [1.165, 1.54) is 6.08 Å². The van der Waals surface area contributed by atoms with Crippen LogP contribution in [0.25, 0.3) is 0 Å². The van der Waals surface area contributed by atoms with Crippen molar-refractivity contribution in [2.24, 2.45) is 11.8 Å². The Labute approximate surface area is 157 Å². The van der Waals surface area contributed by atoms with Crippen molar-refractivity contribution in [3.05, 3.63) is 54.1 Å². The molecule has 4 heteroatoms. The average molecular weight is 360 g/mol. The summed E-state index contributed by atoms with van der Waals surface area (Å²) in [5, 5.41) is 9.76. The second kappa shape index (κ2) is 10.9. The Balaban J connectivity index is 2.66. The number of carbonyl (C=O) groups excluding carboxylic acids is 1. The van der Waals surface area contributed by atoms with Gasteiger partial charge in [-0.1, -0.05) is 45.1 Å². The van der Waals surface area contributed by atoms with Crippen molar-refractivity contribution in [1.82, 2.24) is 0 Å². The summed E-state index contributed by atoms with van der Waals surface area (Å²) in [5.74, 6) is 0.599. The monoisotopic (exact) mass is 360 g/mol. The van der Waals surface area contributed by atoms with E-state index in [4.69, 9.17) is 9.47 Å². The molecule has 0 amide bonds. The van der Waals surface area contributed by atoms with Gasteiger partial charge in [0.2, 0.25) is 0 Å². The number of aliphatic hydroxyl groups is 1. The molecule has 1 aromatic carbocycles. The molecule has 144 valence electrons. The van der Waals surface area contributed by atoms with Crippen LogP contribution in [-0.2, 0) is 16.1 Å². The molecule has 26 heavy (non-hydrogen) atoms. The van der Waals surface area contributed by atoms with Gasteiger partial charge >= 0.3 is 0 Å². The number of aliphatic hydroxyl groups excluding tert-OH is 1. The second-order valence-corrected chi connectivity index (χ2v) is 6.94. The Morgan fingerprint density at radius 3 is 2.35 bits per heavy atom. The molecule has 4 nitrogen and oxygen atoms in total. The quantitative estimate of drug-likeness (QED) is 0.471. The molecule has 0 saturated carbocycles. The molecule has 0 aliphatic heterocycles. The number of Topliss-reactive ketones (excluding diaryl/α,β-unsaturated/α-hetero) is 1. The second-order valence-electron chi connectivity index (χ2n) is 6.94. The van der Waals surface area contributed by atoms with E-state index < -0.39 is 12.0 Å². The van der Waals surface area contributed by atoms with Gasteiger partial charge in [0.05, 0.1) is 25.9 Å². The van der Waals surface area contributed by atoms with Crippen LogP contribution in [0, 0.1) is 11.8 Å². The van der Waals surface area contributed by atoms with Gasteiger partial charge in [0.1, 0.15) is 5.75 Å². The Hall–Kier alpha value is -1.91. The van der Waals surface area contributed by atoms with Gasteiger partial charge in [0, 0.05) is 5.92 Å². The first-order valence-corrected chi connectivity index (χ1v) is 9.06. The molecule has 0 aliphatic rings. The summed E-state index contributed by atoms with van der Waals surface area (Å²) < 4.78 is 11.2. The Morgan fingerprint density at radius 2 is 1.85 bits per heavy atom. The Morgan fingerprint density at radius 1 is 1.23 bits per heavy atom. The molecule has 0 saturated heterocycles. The molecule has 1 rings (SSSR count). The lowest BCUT2D eigenvalue weighted by atomic mass is 9.93. The Bertz CT molecular complexity index is 601. The van der Waals surface area contributed by atoms with E-state index in [0.717, 1.165) is 11.3 Å². The molecular formula is C22H32O4. The van der Waals surface area contributed by atoms with Gasteiger partial charge in [0.25, 0.3) is 0 Å². The lowest BCUT2D eigenvalue weighted by Crippen LogP contribution is -2.25. The summed E-state index contributed by atoms with van der Waals surface area (Å²) in [6, 6.07) is 7.80. The number of ether oxygens (including phenoxy) is 2. The summed E-state index contributed by atoms with van der Waals surface area (Å²) in [7, 11) is 1.64. The van der Waals surface area contributed by atoms with E-state index in [0.29, 0.717) is 24.5 Å². The lowest BCUT2D eigenvalue weighted by Gasteiger charge is -2.21. The lowest BCUT2D eigenvalue weighted by molar-refractivity contribution is -0.120. The Kier molecular flexibility index (Phi) is 9.31. The van der Waals surface area contributed by atoms with Crippen molar-refractivity contribution in [1.29, 1.82) is 0 Å². The minimum absolute atomic E-state index is 0.0134. The first-order chi connectivity index (χ1) is 12.3.